The monoisotopic (exact) mass is 1140 g/mol. The summed E-state index contributed by atoms with van der Waals surface area (Å²) in [4.78, 5) is 31.4. The van der Waals surface area contributed by atoms with E-state index in [0.29, 0.717) is 24.5 Å². The molecule has 2 aromatic rings. The fourth-order valence-electron chi connectivity index (χ4n) is 19.9. The molecule has 0 amide bonds. The van der Waals surface area contributed by atoms with Gasteiger partial charge in [0.15, 0.2) is 0 Å². The Morgan fingerprint density at radius 1 is 0.530 bits per heavy atom. The second-order valence-electron chi connectivity index (χ2n) is 30.2. The van der Waals surface area contributed by atoms with E-state index < -0.39 is 11.8 Å². The van der Waals surface area contributed by atoms with Gasteiger partial charge in [0.2, 0.25) is 0 Å². The first-order valence-corrected chi connectivity index (χ1v) is 36.1. The van der Waals surface area contributed by atoms with Crippen LogP contribution in [-0.4, -0.2) is 37.4 Å². The van der Waals surface area contributed by atoms with E-state index in [1.807, 2.05) is 0 Å². The number of hydrogen-bond acceptors (Lipinski definition) is 6. The second-order valence-corrected chi connectivity index (χ2v) is 30.2. The SMILES string of the molecule is CCCCCCCCCCOc1ccc2c(c1)[C@H]1c3ccc(OCCCCCCCCCC)cc3[C@@H]2[C@@H](C(=O)O[C@H]2CC[C@@]3(C)C(=CC[C@H]4[C@@H]5CC[C@H]([C@H](C)CCCC(C)C)[C@@]5(C)CC[C@@H]43)C2)[C@@H]1C(=O)OC1CCC(C2CCCCC2)CC1. The molecule has 11 rings (SSSR count). The van der Waals surface area contributed by atoms with E-state index in [-0.39, 0.29) is 41.4 Å². The molecule has 6 heteroatoms. The summed E-state index contributed by atoms with van der Waals surface area (Å²) >= 11 is 0. The van der Waals surface area contributed by atoms with E-state index in [1.165, 1.54) is 173 Å². The molecule has 0 spiro atoms. The molecule has 9 aliphatic rings. The van der Waals surface area contributed by atoms with E-state index in [4.69, 9.17) is 18.9 Å². The average molecular weight is 1140 g/mol. The van der Waals surface area contributed by atoms with Crippen LogP contribution in [0.5, 0.6) is 11.5 Å². The van der Waals surface area contributed by atoms with Crippen molar-refractivity contribution >= 4 is 11.9 Å². The Morgan fingerprint density at radius 3 is 1.64 bits per heavy atom. The maximum absolute atomic E-state index is 15.8. The molecule has 5 fully saturated rings. The highest BCUT2D eigenvalue weighted by Crippen LogP contribution is 2.68. The van der Waals surface area contributed by atoms with Crippen LogP contribution in [0, 0.1) is 70.0 Å². The van der Waals surface area contributed by atoms with Crippen molar-refractivity contribution in [3.05, 3.63) is 70.3 Å². The Kier molecular flexibility index (Phi) is 22.4. The highest BCUT2D eigenvalue weighted by molar-refractivity contribution is 5.88. The van der Waals surface area contributed by atoms with Gasteiger partial charge in [-0.25, -0.2) is 0 Å². The van der Waals surface area contributed by atoms with E-state index in [0.717, 1.165) is 133 Å². The molecule has 6 nitrogen and oxygen atoms in total. The van der Waals surface area contributed by atoms with Gasteiger partial charge in [-0.05, 0) is 188 Å². The van der Waals surface area contributed by atoms with Gasteiger partial charge in [-0.1, -0.05) is 214 Å². The van der Waals surface area contributed by atoms with Gasteiger partial charge < -0.3 is 18.9 Å². The molecular weight excluding hydrogens is 1020 g/mol. The molecule has 462 valence electrons. The van der Waals surface area contributed by atoms with Gasteiger partial charge in [-0.15, -0.1) is 0 Å². The minimum Gasteiger partial charge on any atom is -0.494 e. The lowest BCUT2D eigenvalue weighted by Crippen LogP contribution is -2.51. The van der Waals surface area contributed by atoms with E-state index >= 15 is 9.59 Å². The highest BCUT2D eigenvalue weighted by atomic mass is 16.6. The van der Waals surface area contributed by atoms with Crippen molar-refractivity contribution in [1.82, 2.24) is 0 Å². The highest BCUT2D eigenvalue weighted by Gasteiger charge is 2.61. The van der Waals surface area contributed by atoms with Crippen LogP contribution in [0.4, 0.5) is 0 Å². The number of hydrogen-bond donors (Lipinski definition) is 0. The Bertz CT molecular complexity index is 2410. The molecule has 83 heavy (non-hydrogen) atoms. The second kappa shape index (κ2) is 29.6. The Labute approximate surface area is 506 Å². The lowest BCUT2D eigenvalue weighted by molar-refractivity contribution is -0.171. The van der Waals surface area contributed by atoms with E-state index in [2.05, 4.69) is 90.9 Å². The van der Waals surface area contributed by atoms with Gasteiger partial charge in [0.25, 0.3) is 0 Å². The van der Waals surface area contributed by atoms with Gasteiger partial charge in [-0.3, -0.25) is 9.59 Å². The van der Waals surface area contributed by atoms with Crippen molar-refractivity contribution in [2.45, 2.75) is 304 Å². The summed E-state index contributed by atoms with van der Waals surface area (Å²) in [5.41, 5.74) is 6.63. The molecule has 5 saturated carbocycles. The third-order valence-electron chi connectivity index (χ3n) is 24.5. The number of benzene rings is 2. The lowest BCUT2D eigenvalue weighted by Gasteiger charge is -2.58. The third kappa shape index (κ3) is 14.5. The van der Waals surface area contributed by atoms with Crippen molar-refractivity contribution in [2.75, 3.05) is 13.2 Å². The number of carbonyl (C=O) groups is 2. The minimum atomic E-state index is -0.699. The maximum Gasteiger partial charge on any atom is 0.311 e. The van der Waals surface area contributed by atoms with Crippen molar-refractivity contribution < 1.29 is 28.5 Å². The zero-order valence-corrected chi connectivity index (χ0v) is 53.9. The molecule has 2 aromatic carbocycles. The maximum atomic E-state index is 15.8. The third-order valence-corrected chi connectivity index (χ3v) is 24.5. The lowest BCUT2D eigenvalue weighted by atomic mass is 9.47. The first-order chi connectivity index (χ1) is 40.4. The topological polar surface area (TPSA) is 71.1 Å². The number of allylic oxidation sites excluding steroid dienone is 1. The quantitative estimate of drug-likeness (QED) is 0.0441. The molecule has 12 atom stereocenters. The number of carbonyl (C=O) groups excluding carboxylic acids is 2. The largest absolute Gasteiger partial charge is 0.494 e. The normalized spacial score (nSPS) is 32.1. The molecule has 0 unspecified atom stereocenters. The van der Waals surface area contributed by atoms with Crippen LogP contribution < -0.4 is 9.47 Å². The summed E-state index contributed by atoms with van der Waals surface area (Å²) in [5.74, 6) is 5.47. The van der Waals surface area contributed by atoms with Crippen LogP contribution in [0.15, 0.2) is 48.0 Å². The van der Waals surface area contributed by atoms with Gasteiger partial charge >= 0.3 is 11.9 Å². The molecule has 2 bridgehead atoms. The predicted molar refractivity (Wildman–Crippen MR) is 341 cm³/mol. The van der Waals surface area contributed by atoms with Gasteiger partial charge in [0, 0.05) is 18.3 Å². The average Bonchev–Trinajstić information content (AvgIpc) is 2.57. The summed E-state index contributed by atoms with van der Waals surface area (Å²) < 4.78 is 27.0. The Balaban J connectivity index is 0.888. The molecule has 9 aliphatic carbocycles. The van der Waals surface area contributed by atoms with Crippen LogP contribution in [0.25, 0.3) is 0 Å². The van der Waals surface area contributed by atoms with E-state index in [1.54, 1.807) is 5.57 Å². The number of esters is 2. The van der Waals surface area contributed by atoms with Crippen LogP contribution >= 0.6 is 0 Å². The summed E-state index contributed by atoms with van der Waals surface area (Å²) in [5, 5.41) is 0. The molecule has 0 radical (unpaired) electrons. The molecule has 0 heterocycles. The minimum absolute atomic E-state index is 0.115. The van der Waals surface area contributed by atoms with Crippen LogP contribution in [0.3, 0.4) is 0 Å². The molecule has 0 saturated heterocycles. The summed E-state index contributed by atoms with van der Waals surface area (Å²) in [6, 6.07) is 13.2. The molecular formula is C77H118O6. The smallest absolute Gasteiger partial charge is 0.311 e. The Morgan fingerprint density at radius 2 is 1.07 bits per heavy atom. The molecule has 0 N–H and O–H groups in total. The fraction of sp³-hybridized carbons (Fsp3) is 0.792. The van der Waals surface area contributed by atoms with E-state index in [9.17, 15) is 0 Å². The van der Waals surface area contributed by atoms with Gasteiger partial charge in [0.1, 0.15) is 23.7 Å². The predicted octanol–water partition coefficient (Wildman–Crippen LogP) is 21.2. The van der Waals surface area contributed by atoms with Crippen molar-refractivity contribution in [1.29, 1.82) is 0 Å². The number of unbranched alkanes of at least 4 members (excludes halogenated alkanes) is 14. The van der Waals surface area contributed by atoms with Crippen LogP contribution in [0.1, 0.15) is 314 Å². The van der Waals surface area contributed by atoms with Crippen molar-refractivity contribution in [3.8, 4) is 11.5 Å². The van der Waals surface area contributed by atoms with Crippen LogP contribution in [0.2, 0.25) is 0 Å². The zero-order valence-electron chi connectivity index (χ0n) is 53.9. The van der Waals surface area contributed by atoms with Gasteiger partial charge in [0.05, 0.1) is 25.0 Å². The number of fused-ring (bicyclic) bond motifs is 6. The Hall–Kier alpha value is -3.28. The molecule has 0 aliphatic heterocycles. The van der Waals surface area contributed by atoms with Crippen LogP contribution in [-0.2, 0) is 19.1 Å². The standard InChI is InChI=1S/C77H118O6/c1-8-10-12-14-16-18-20-25-48-80-59-38-41-63-65(51-59)70-62-40-37-60(81-49-26-21-19-17-15-13-11-9-2)52-66(62)71(63)73(72(70)74(78)82-58-35-32-56(33-36-58)55-30-23-22-24-31-55)75(79)83-61-44-46-76(6)57(50-61)34-39-64-68-43-42-67(54(5)29-27-28-53(3)4)77(68,7)47-45-69(64)76/h34,37-38,40-41,51-56,58,61,64,67-73H,8-33,35-36,39,42-50H2,1-7H3/t54-,56?,58?,61+,64+,67-,68+,69+,70-,71-,72-,73-,76+,77-/m1/s1. The summed E-state index contributed by atoms with van der Waals surface area (Å²) in [7, 11) is 0. The van der Waals surface area contributed by atoms with Gasteiger partial charge in [-0.2, -0.15) is 0 Å². The number of ether oxygens (including phenoxy) is 4. The van der Waals surface area contributed by atoms with Crippen molar-refractivity contribution in [3.63, 3.8) is 0 Å². The first kappa shape index (κ1) is 62.8. The molecule has 0 aromatic heterocycles. The summed E-state index contributed by atoms with van der Waals surface area (Å²) in [6.45, 7) is 18.6. The number of rotatable bonds is 30. The zero-order chi connectivity index (χ0) is 57.9. The fourth-order valence-corrected chi connectivity index (χ4v) is 19.9. The first-order valence-electron chi connectivity index (χ1n) is 36.1. The van der Waals surface area contributed by atoms with Crippen molar-refractivity contribution in [2.24, 2.45) is 70.0 Å². The summed E-state index contributed by atoms with van der Waals surface area (Å²) in [6.07, 6.45) is 46.9.